The van der Waals surface area contributed by atoms with Crippen LogP contribution in [0.2, 0.25) is 0 Å². The summed E-state index contributed by atoms with van der Waals surface area (Å²) in [5.74, 6) is 3.38. The molecule has 1 N–H and O–H groups in total. The Morgan fingerprint density at radius 2 is 1.82 bits per heavy atom. The van der Waals surface area contributed by atoms with E-state index in [0.717, 1.165) is 31.3 Å². The minimum Gasteiger partial charge on any atom is -0.314 e. The summed E-state index contributed by atoms with van der Waals surface area (Å²) < 4.78 is 2.36. The maximum atomic E-state index is 4.43. The van der Waals surface area contributed by atoms with Crippen molar-refractivity contribution in [3.8, 4) is 0 Å². The highest BCUT2D eigenvalue weighted by molar-refractivity contribution is 4.98. The molecule has 2 aliphatic heterocycles. The van der Waals surface area contributed by atoms with Crippen LogP contribution in [0.5, 0.6) is 0 Å². The van der Waals surface area contributed by atoms with Crippen molar-refractivity contribution in [1.82, 2.24) is 25.0 Å². The molecule has 22 heavy (non-hydrogen) atoms. The van der Waals surface area contributed by atoms with E-state index in [9.17, 15) is 0 Å². The molecule has 3 aliphatic rings. The van der Waals surface area contributed by atoms with Crippen LogP contribution in [0.15, 0.2) is 0 Å². The van der Waals surface area contributed by atoms with Gasteiger partial charge < -0.3 is 14.8 Å². The van der Waals surface area contributed by atoms with Crippen LogP contribution in [0, 0.1) is 5.92 Å². The van der Waals surface area contributed by atoms with Crippen molar-refractivity contribution in [2.24, 2.45) is 5.92 Å². The molecule has 3 heterocycles. The van der Waals surface area contributed by atoms with Crippen molar-refractivity contribution in [3.63, 3.8) is 0 Å². The Morgan fingerprint density at radius 1 is 0.955 bits per heavy atom. The summed E-state index contributed by atoms with van der Waals surface area (Å²) in [5.41, 5.74) is 0. The fourth-order valence-electron chi connectivity index (χ4n) is 3.90. The van der Waals surface area contributed by atoms with E-state index in [0.29, 0.717) is 6.04 Å². The second-order valence-electron chi connectivity index (χ2n) is 7.39. The largest absolute Gasteiger partial charge is 0.314 e. The second kappa shape index (κ2) is 6.67. The number of likely N-dealkylation sites (tertiary alicyclic amines) is 1. The summed E-state index contributed by atoms with van der Waals surface area (Å²) in [6, 6.07) is 0.661. The van der Waals surface area contributed by atoms with Crippen LogP contribution in [0.1, 0.15) is 56.6 Å². The molecule has 5 heteroatoms. The smallest absolute Gasteiger partial charge is 0.147 e. The summed E-state index contributed by atoms with van der Waals surface area (Å²) in [7, 11) is 0. The number of hydrogen-bond acceptors (Lipinski definition) is 4. The van der Waals surface area contributed by atoms with Gasteiger partial charge in [-0.05, 0) is 57.5 Å². The minimum atomic E-state index is 0.661. The number of fused-ring (bicyclic) bond motifs is 1. The first-order valence-corrected chi connectivity index (χ1v) is 9.25. The first kappa shape index (κ1) is 14.6. The SMILES string of the molecule is C1CCc2nnc(CNC3CCN(CC4CC4)CC3)n2CC1. The zero-order valence-corrected chi connectivity index (χ0v) is 13.6. The summed E-state index contributed by atoms with van der Waals surface area (Å²) in [6.45, 7) is 5.89. The number of nitrogens with zero attached hydrogens (tertiary/aromatic N) is 4. The molecule has 1 aromatic rings. The monoisotopic (exact) mass is 303 g/mol. The maximum absolute atomic E-state index is 4.43. The van der Waals surface area contributed by atoms with Gasteiger partial charge in [0, 0.05) is 25.6 Å². The van der Waals surface area contributed by atoms with Gasteiger partial charge in [0.05, 0.1) is 6.54 Å². The van der Waals surface area contributed by atoms with E-state index in [1.54, 1.807) is 0 Å². The molecule has 1 saturated carbocycles. The van der Waals surface area contributed by atoms with Crippen molar-refractivity contribution >= 4 is 0 Å². The minimum absolute atomic E-state index is 0.661. The van der Waals surface area contributed by atoms with Gasteiger partial charge in [-0.1, -0.05) is 6.42 Å². The average molecular weight is 303 g/mol. The summed E-state index contributed by atoms with van der Waals surface area (Å²) in [5, 5.41) is 12.6. The van der Waals surface area contributed by atoms with E-state index < -0.39 is 0 Å². The van der Waals surface area contributed by atoms with Gasteiger partial charge in [0.25, 0.3) is 0 Å². The second-order valence-corrected chi connectivity index (χ2v) is 7.39. The molecule has 1 aromatic heterocycles. The number of aryl methyl sites for hydroxylation is 1. The fraction of sp³-hybridized carbons (Fsp3) is 0.882. The molecule has 0 aromatic carbocycles. The highest BCUT2D eigenvalue weighted by atomic mass is 15.3. The van der Waals surface area contributed by atoms with E-state index in [1.807, 2.05) is 0 Å². The van der Waals surface area contributed by atoms with E-state index in [1.165, 1.54) is 70.4 Å². The normalized spacial score (nSPS) is 24.2. The Hall–Kier alpha value is -0.940. The highest BCUT2D eigenvalue weighted by Crippen LogP contribution is 2.30. The van der Waals surface area contributed by atoms with E-state index in [4.69, 9.17) is 0 Å². The summed E-state index contributed by atoms with van der Waals surface area (Å²) in [6.07, 6.45) is 10.5. The predicted molar refractivity (Wildman–Crippen MR) is 86.6 cm³/mol. The van der Waals surface area contributed by atoms with Gasteiger partial charge in [-0.3, -0.25) is 0 Å². The third kappa shape index (κ3) is 3.51. The lowest BCUT2D eigenvalue weighted by Crippen LogP contribution is -2.43. The lowest BCUT2D eigenvalue weighted by Gasteiger charge is -2.32. The quantitative estimate of drug-likeness (QED) is 0.903. The molecule has 0 bridgehead atoms. The van der Waals surface area contributed by atoms with E-state index in [2.05, 4.69) is 25.0 Å². The molecule has 0 atom stereocenters. The lowest BCUT2D eigenvalue weighted by atomic mass is 10.0. The fourth-order valence-corrected chi connectivity index (χ4v) is 3.90. The van der Waals surface area contributed by atoms with Crippen molar-refractivity contribution in [1.29, 1.82) is 0 Å². The van der Waals surface area contributed by atoms with Gasteiger partial charge in [0.2, 0.25) is 0 Å². The zero-order chi connectivity index (χ0) is 14.8. The standard InChI is InChI=1S/C17H29N5/c1-2-4-16-19-20-17(22(16)9-3-1)12-18-15-7-10-21(11-8-15)13-14-5-6-14/h14-15,18H,1-13H2. The van der Waals surface area contributed by atoms with Crippen LogP contribution < -0.4 is 5.32 Å². The maximum Gasteiger partial charge on any atom is 0.147 e. The van der Waals surface area contributed by atoms with Crippen LogP contribution in [0.25, 0.3) is 0 Å². The Balaban J connectivity index is 1.25. The Kier molecular flexibility index (Phi) is 4.44. The molecule has 5 nitrogen and oxygen atoms in total. The molecule has 1 aliphatic carbocycles. The number of piperidine rings is 1. The first-order chi connectivity index (χ1) is 10.9. The van der Waals surface area contributed by atoms with Gasteiger partial charge >= 0.3 is 0 Å². The molecular formula is C17H29N5. The van der Waals surface area contributed by atoms with E-state index in [-0.39, 0.29) is 0 Å². The van der Waals surface area contributed by atoms with Crippen molar-refractivity contribution < 1.29 is 0 Å². The Labute approximate surface area is 133 Å². The van der Waals surface area contributed by atoms with E-state index >= 15 is 0 Å². The van der Waals surface area contributed by atoms with Gasteiger partial charge in [0.1, 0.15) is 11.6 Å². The van der Waals surface area contributed by atoms with Crippen LogP contribution in [0.3, 0.4) is 0 Å². The molecule has 0 amide bonds. The van der Waals surface area contributed by atoms with Gasteiger partial charge in [-0.2, -0.15) is 0 Å². The van der Waals surface area contributed by atoms with Crippen molar-refractivity contribution in [3.05, 3.63) is 11.6 Å². The average Bonchev–Trinajstić information content (AvgIpc) is 3.32. The number of nitrogens with one attached hydrogen (secondary N) is 1. The number of hydrogen-bond donors (Lipinski definition) is 1. The van der Waals surface area contributed by atoms with Crippen molar-refractivity contribution in [2.75, 3.05) is 19.6 Å². The van der Waals surface area contributed by atoms with Crippen LogP contribution >= 0.6 is 0 Å². The van der Waals surface area contributed by atoms with Crippen LogP contribution in [-0.4, -0.2) is 45.3 Å². The zero-order valence-electron chi connectivity index (χ0n) is 13.6. The van der Waals surface area contributed by atoms with Gasteiger partial charge in [-0.25, -0.2) is 0 Å². The summed E-state index contributed by atoms with van der Waals surface area (Å²) >= 11 is 0. The van der Waals surface area contributed by atoms with Gasteiger partial charge in [0.15, 0.2) is 0 Å². The van der Waals surface area contributed by atoms with Crippen molar-refractivity contribution in [2.45, 2.75) is 70.5 Å². The molecule has 0 spiro atoms. The number of aromatic nitrogens is 3. The van der Waals surface area contributed by atoms with Crippen LogP contribution in [0.4, 0.5) is 0 Å². The van der Waals surface area contributed by atoms with Crippen LogP contribution in [-0.2, 0) is 19.5 Å². The first-order valence-electron chi connectivity index (χ1n) is 9.25. The molecule has 2 fully saturated rings. The predicted octanol–water partition coefficient (Wildman–Crippen LogP) is 1.97. The highest BCUT2D eigenvalue weighted by Gasteiger charge is 2.27. The lowest BCUT2D eigenvalue weighted by molar-refractivity contribution is 0.190. The molecule has 4 rings (SSSR count). The molecule has 122 valence electrons. The molecule has 1 saturated heterocycles. The topological polar surface area (TPSA) is 46.0 Å². The molecule has 0 radical (unpaired) electrons. The third-order valence-corrected chi connectivity index (χ3v) is 5.54. The number of rotatable bonds is 5. The molecule has 0 unspecified atom stereocenters. The summed E-state index contributed by atoms with van der Waals surface area (Å²) in [4.78, 5) is 2.67. The third-order valence-electron chi connectivity index (χ3n) is 5.54. The Bertz CT molecular complexity index is 485. The Morgan fingerprint density at radius 3 is 2.64 bits per heavy atom. The van der Waals surface area contributed by atoms with Gasteiger partial charge in [-0.15, -0.1) is 10.2 Å². The molecular weight excluding hydrogens is 274 g/mol.